The molecule has 0 unspecified atom stereocenters. The molecule has 0 aromatic carbocycles. The molecule has 0 aliphatic rings. The van der Waals surface area contributed by atoms with Crippen LogP contribution in [0, 0.1) is 0 Å². The maximum absolute atomic E-state index is 11.0. The molecule has 0 N–H and O–H groups in total. The third kappa shape index (κ3) is 5.47. The van der Waals surface area contributed by atoms with E-state index in [0.717, 1.165) is 19.6 Å². The fourth-order valence-corrected chi connectivity index (χ4v) is 0.931. The van der Waals surface area contributed by atoms with Gasteiger partial charge in [0.2, 0.25) is 0 Å². The van der Waals surface area contributed by atoms with Crippen LogP contribution in [0.5, 0.6) is 0 Å². The van der Waals surface area contributed by atoms with Gasteiger partial charge in [-0.25, -0.2) is 4.79 Å². The van der Waals surface area contributed by atoms with Crippen LogP contribution in [0.4, 0.5) is 4.79 Å². The van der Waals surface area contributed by atoms with Crippen molar-refractivity contribution < 1.29 is 9.53 Å². The zero-order valence-corrected chi connectivity index (χ0v) is 9.04. The molecule has 0 aromatic rings. The van der Waals surface area contributed by atoms with Crippen molar-refractivity contribution in [3.63, 3.8) is 0 Å². The van der Waals surface area contributed by atoms with Gasteiger partial charge in [-0.05, 0) is 13.1 Å². The fourth-order valence-electron chi connectivity index (χ4n) is 0.931. The standard InChI is InChI=1S/C9H20N2O2/c1-5-11(6-2)7-8-13-9(12)10(3)4/h5-8H2,1-4H3. The molecule has 0 saturated heterocycles. The number of nitrogens with zero attached hydrogens (tertiary/aromatic N) is 2. The van der Waals surface area contributed by atoms with E-state index in [2.05, 4.69) is 18.7 Å². The van der Waals surface area contributed by atoms with Crippen LogP contribution in [0.15, 0.2) is 0 Å². The molecular weight excluding hydrogens is 168 g/mol. The first-order chi connectivity index (χ1) is 6.11. The lowest BCUT2D eigenvalue weighted by atomic mass is 10.5. The van der Waals surface area contributed by atoms with E-state index in [0.29, 0.717) is 6.61 Å². The van der Waals surface area contributed by atoms with Crippen molar-refractivity contribution >= 4 is 6.09 Å². The monoisotopic (exact) mass is 188 g/mol. The first-order valence-corrected chi connectivity index (χ1v) is 4.68. The predicted octanol–water partition coefficient (Wildman–Crippen LogP) is 1.03. The first-order valence-electron chi connectivity index (χ1n) is 4.68. The minimum absolute atomic E-state index is 0.271. The summed E-state index contributed by atoms with van der Waals surface area (Å²) in [5.41, 5.74) is 0. The van der Waals surface area contributed by atoms with E-state index in [9.17, 15) is 4.79 Å². The highest BCUT2D eigenvalue weighted by molar-refractivity contribution is 5.66. The van der Waals surface area contributed by atoms with Gasteiger partial charge in [0.05, 0.1) is 0 Å². The van der Waals surface area contributed by atoms with Crippen LogP contribution >= 0.6 is 0 Å². The van der Waals surface area contributed by atoms with E-state index in [1.807, 2.05) is 0 Å². The molecule has 1 amide bonds. The van der Waals surface area contributed by atoms with Crippen molar-refractivity contribution in [2.24, 2.45) is 0 Å². The van der Waals surface area contributed by atoms with Crippen molar-refractivity contribution in [3.8, 4) is 0 Å². The molecule has 78 valence electrons. The van der Waals surface area contributed by atoms with Crippen LogP contribution in [0.2, 0.25) is 0 Å². The maximum Gasteiger partial charge on any atom is 0.409 e. The summed E-state index contributed by atoms with van der Waals surface area (Å²) < 4.78 is 4.98. The Balaban J connectivity index is 3.49. The molecule has 0 rings (SSSR count). The van der Waals surface area contributed by atoms with Gasteiger partial charge in [0, 0.05) is 20.6 Å². The molecule has 0 radical (unpaired) electrons. The van der Waals surface area contributed by atoms with Gasteiger partial charge in [0.15, 0.2) is 0 Å². The summed E-state index contributed by atoms with van der Waals surface area (Å²) in [6, 6.07) is 0. The van der Waals surface area contributed by atoms with Crippen LogP contribution < -0.4 is 0 Å². The van der Waals surface area contributed by atoms with Gasteiger partial charge < -0.3 is 14.5 Å². The van der Waals surface area contributed by atoms with Crippen LogP contribution in [0.3, 0.4) is 0 Å². The van der Waals surface area contributed by atoms with Crippen LogP contribution in [0.1, 0.15) is 13.8 Å². The summed E-state index contributed by atoms with van der Waals surface area (Å²) in [6.45, 7) is 7.46. The van der Waals surface area contributed by atoms with Crippen molar-refractivity contribution in [1.29, 1.82) is 0 Å². The molecule has 0 fully saturated rings. The second kappa shape index (κ2) is 6.71. The van der Waals surface area contributed by atoms with E-state index in [1.54, 1.807) is 14.1 Å². The number of carbonyl (C=O) groups is 1. The predicted molar refractivity (Wildman–Crippen MR) is 52.8 cm³/mol. The van der Waals surface area contributed by atoms with E-state index in [1.165, 1.54) is 4.90 Å². The molecule has 13 heavy (non-hydrogen) atoms. The summed E-state index contributed by atoms with van der Waals surface area (Å²) >= 11 is 0. The lowest BCUT2D eigenvalue weighted by Gasteiger charge is -2.18. The van der Waals surface area contributed by atoms with Gasteiger partial charge in [-0.15, -0.1) is 0 Å². The highest BCUT2D eigenvalue weighted by Crippen LogP contribution is 1.89. The topological polar surface area (TPSA) is 32.8 Å². The van der Waals surface area contributed by atoms with Gasteiger partial charge in [0.1, 0.15) is 6.61 Å². The van der Waals surface area contributed by atoms with Gasteiger partial charge in [0.25, 0.3) is 0 Å². The Kier molecular flexibility index (Phi) is 6.32. The number of amides is 1. The van der Waals surface area contributed by atoms with Crippen molar-refractivity contribution in [1.82, 2.24) is 9.80 Å². The molecule has 0 heterocycles. The second-order valence-corrected chi connectivity index (χ2v) is 3.04. The molecule has 0 aliphatic heterocycles. The SMILES string of the molecule is CCN(CC)CCOC(=O)N(C)C. The van der Waals surface area contributed by atoms with Crippen LogP contribution in [-0.4, -0.2) is 56.2 Å². The molecule has 4 nitrogen and oxygen atoms in total. The number of hydrogen-bond acceptors (Lipinski definition) is 3. The number of rotatable bonds is 5. The number of likely N-dealkylation sites (N-methyl/N-ethyl adjacent to an activating group) is 1. The van der Waals surface area contributed by atoms with E-state index in [4.69, 9.17) is 4.74 Å². The summed E-state index contributed by atoms with van der Waals surface area (Å²) in [6.07, 6.45) is -0.271. The molecule has 4 heteroatoms. The average Bonchev–Trinajstić information content (AvgIpc) is 2.12. The largest absolute Gasteiger partial charge is 0.448 e. The van der Waals surface area contributed by atoms with E-state index < -0.39 is 0 Å². The third-order valence-electron chi connectivity index (χ3n) is 1.89. The van der Waals surface area contributed by atoms with Gasteiger partial charge >= 0.3 is 6.09 Å². The average molecular weight is 188 g/mol. The maximum atomic E-state index is 11.0. The Morgan fingerprint density at radius 3 is 2.15 bits per heavy atom. The molecule has 0 spiro atoms. The summed E-state index contributed by atoms with van der Waals surface area (Å²) in [4.78, 5) is 14.6. The minimum atomic E-state index is -0.271. The van der Waals surface area contributed by atoms with E-state index in [-0.39, 0.29) is 6.09 Å². The van der Waals surface area contributed by atoms with Gasteiger partial charge in [-0.2, -0.15) is 0 Å². The fraction of sp³-hybridized carbons (Fsp3) is 0.889. The normalized spacial score (nSPS) is 10.2. The van der Waals surface area contributed by atoms with Gasteiger partial charge in [-0.3, -0.25) is 0 Å². The molecule has 0 saturated carbocycles. The highest BCUT2D eigenvalue weighted by Gasteiger charge is 2.05. The first kappa shape index (κ1) is 12.2. The van der Waals surface area contributed by atoms with Crippen molar-refractivity contribution in [2.45, 2.75) is 13.8 Å². The van der Waals surface area contributed by atoms with Crippen LogP contribution in [-0.2, 0) is 4.74 Å². The Morgan fingerprint density at radius 2 is 1.77 bits per heavy atom. The minimum Gasteiger partial charge on any atom is -0.448 e. The third-order valence-corrected chi connectivity index (χ3v) is 1.89. The van der Waals surface area contributed by atoms with E-state index >= 15 is 0 Å². The Hall–Kier alpha value is -0.770. The number of carbonyl (C=O) groups excluding carboxylic acids is 1. The molecule has 0 bridgehead atoms. The Bertz CT molecular complexity index is 145. The lowest BCUT2D eigenvalue weighted by molar-refractivity contribution is 0.105. The van der Waals surface area contributed by atoms with Gasteiger partial charge in [-0.1, -0.05) is 13.8 Å². The highest BCUT2D eigenvalue weighted by atomic mass is 16.6. The molecule has 0 aliphatic carbocycles. The lowest BCUT2D eigenvalue weighted by Crippen LogP contribution is -2.30. The quantitative estimate of drug-likeness (QED) is 0.646. The molecule has 0 atom stereocenters. The van der Waals surface area contributed by atoms with Crippen molar-refractivity contribution in [2.75, 3.05) is 40.3 Å². The Morgan fingerprint density at radius 1 is 1.23 bits per heavy atom. The second-order valence-electron chi connectivity index (χ2n) is 3.04. The zero-order valence-electron chi connectivity index (χ0n) is 9.04. The van der Waals surface area contributed by atoms with Crippen molar-refractivity contribution in [3.05, 3.63) is 0 Å². The summed E-state index contributed by atoms with van der Waals surface area (Å²) in [7, 11) is 3.36. The zero-order chi connectivity index (χ0) is 10.3. The van der Waals surface area contributed by atoms with Crippen LogP contribution in [0.25, 0.3) is 0 Å². The summed E-state index contributed by atoms with van der Waals surface area (Å²) in [5.74, 6) is 0. The number of ether oxygens (including phenoxy) is 1. The number of hydrogen-bond donors (Lipinski definition) is 0. The molecule has 0 aromatic heterocycles. The molecular formula is C9H20N2O2. The smallest absolute Gasteiger partial charge is 0.409 e. The summed E-state index contributed by atoms with van der Waals surface area (Å²) in [5, 5.41) is 0. The Labute approximate surface area is 80.5 Å².